The zero-order chi connectivity index (χ0) is 23.9. The summed E-state index contributed by atoms with van der Waals surface area (Å²) in [5, 5.41) is 4.94. The Morgan fingerprint density at radius 1 is 0.743 bits per heavy atom. The van der Waals surface area contributed by atoms with Crippen molar-refractivity contribution in [1.82, 2.24) is 0 Å². The van der Waals surface area contributed by atoms with Crippen molar-refractivity contribution < 1.29 is 0 Å². The smallest absolute Gasteiger partial charge is 0.0653 e. The molecular formula is C34H31Si. The molecule has 0 aromatic heterocycles. The molecule has 0 saturated carbocycles. The second-order valence-corrected chi connectivity index (χ2v) is 13.7. The number of rotatable bonds is 3. The molecule has 3 heterocycles. The fourth-order valence-electron chi connectivity index (χ4n) is 6.96. The van der Waals surface area contributed by atoms with Crippen molar-refractivity contribution in [2.45, 2.75) is 52.4 Å². The van der Waals surface area contributed by atoms with Gasteiger partial charge in [0, 0.05) is 0 Å². The highest BCUT2D eigenvalue weighted by Crippen LogP contribution is 2.53. The van der Waals surface area contributed by atoms with E-state index in [1.54, 1.807) is 32.3 Å². The molecule has 0 amide bonds. The van der Waals surface area contributed by atoms with Crippen molar-refractivity contribution >= 4 is 24.4 Å². The molecule has 4 aromatic rings. The van der Waals surface area contributed by atoms with E-state index in [-0.39, 0.29) is 5.41 Å². The van der Waals surface area contributed by atoms with Gasteiger partial charge in [-0.1, -0.05) is 112 Å². The second kappa shape index (κ2) is 7.42. The lowest BCUT2D eigenvalue weighted by Crippen LogP contribution is -2.42. The van der Waals surface area contributed by atoms with Gasteiger partial charge in [-0.2, -0.15) is 0 Å². The Bertz CT molecular complexity index is 1550. The van der Waals surface area contributed by atoms with Gasteiger partial charge < -0.3 is 0 Å². The molecule has 1 radical (unpaired) electrons. The Morgan fingerprint density at radius 2 is 1.43 bits per heavy atom. The van der Waals surface area contributed by atoms with Crippen molar-refractivity contribution in [3.05, 3.63) is 101 Å². The molecule has 0 unspecified atom stereocenters. The van der Waals surface area contributed by atoms with Crippen molar-refractivity contribution in [1.29, 1.82) is 0 Å². The van der Waals surface area contributed by atoms with E-state index in [1.165, 1.54) is 51.8 Å². The normalized spacial score (nSPS) is 15.3. The van der Waals surface area contributed by atoms with Crippen LogP contribution in [0.3, 0.4) is 0 Å². The van der Waals surface area contributed by atoms with Crippen LogP contribution in [0.1, 0.15) is 57.2 Å². The lowest BCUT2D eigenvalue weighted by atomic mass is 9.74. The van der Waals surface area contributed by atoms with Gasteiger partial charge >= 0.3 is 0 Å². The summed E-state index contributed by atoms with van der Waals surface area (Å²) >= 11 is 0. The maximum absolute atomic E-state index is 2.59. The topological polar surface area (TPSA) is 0 Å². The Balaban J connectivity index is 1.71. The zero-order valence-corrected chi connectivity index (χ0v) is 22.1. The van der Waals surface area contributed by atoms with E-state index < -0.39 is 8.80 Å². The molecule has 4 aromatic carbocycles. The second-order valence-electron chi connectivity index (χ2n) is 11.4. The molecule has 35 heavy (non-hydrogen) atoms. The third kappa shape index (κ3) is 2.85. The van der Waals surface area contributed by atoms with Crippen molar-refractivity contribution in [3.63, 3.8) is 0 Å². The number of benzene rings is 4. The highest BCUT2D eigenvalue weighted by Gasteiger charge is 2.44. The van der Waals surface area contributed by atoms with E-state index in [0.717, 1.165) is 6.42 Å². The highest BCUT2D eigenvalue weighted by molar-refractivity contribution is 7.04. The highest BCUT2D eigenvalue weighted by atomic mass is 28.3. The maximum atomic E-state index is 2.59. The van der Waals surface area contributed by atoms with Gasteiger partial charge in [-0.3, -0.25) is 0 Å². The lowest BCUT2D eigenvalue weighted by molar-refractivity contribution is 0.593. The molecule has 8 rings (SSSR count). The molecular weight excluding hydrogens is 436 g/mol. The molecule has 4 bridgehead atoms. The van der Waals surface area contributed by atoms with Gasteiger partial charge in [0.05, 0.1) is 0 Å². The summed E-state index contributed by atoms with van der Waals surface area (Å²) in [5.74, 6) is 0. The molecule has 0 spiro atoms. The van der Waals surface area contributed by atoms with Crippen LogP contribution in [0.25, 0.3) is 38.6 Å². The van der Waals surface area contributed by atoms with Crippen LogP contribution in [0.5, 0.6) is 0 Å². The molecule has 0 nitrogen and oxygen atoms in total. The first-order chi connectivity index (χ1) is 17.0. The van der Waals surface area contributed by atoms with E-state index in [0.29, 0.717) is 0 Å². The van der Waals surface area contributed by atoms with E-state index in [9.17, 15) is 0 Å². The Labute approximate surface area is 211 Å². The van der Waals surface area contributed by atoms with Gasteiger partial charge in [-0.25, -0.2) is 0 Å². The SMILES string of the molecule is CCCC1=C2c3c(cc(c(C(C)(C)C)c3-c3ccccc3)-c3cccc4c3[Si]2c2ccccc2-4)C1. The summed E-state index contributed by atoms with van der Waals surface area (Å²) in [6.45, 7) is 9.56. The first kappa shape index (κ1) is 21.1. The van der Waals surface area contributed by atoms with E-state index in [1.807, 2.05) is 0 Å². The third-order valence-corrected chi connectivity index (χ3v) is 11.2. The molecule has 4 aliphatic rings. The average Bonchev–Trinajstić information content (AvgIpc) is 3.37. The quantitative estimate of drug-likeness (QED) is 0.273. The maximum Gasteiger partial charge on any atom is 0.157 e. The van der Waals surface area contributed by atoms with Crippen LogP contribution in [0, 0.1) is 0 Å². The molecule has 171 valence electrons. The van der Waals surface area contributed by atoms with Gasteiger partial charge in [0.25, 0.3) is 0 Å². The molecule has 1 aliphatic carbocycles. The minimum Gasteiger partial charge on any atom is -0.0653 e. The molecule has 0 saturated heterocycles. The van der Waals surface area contributed by atoms with Crippen LogP contribution in [0.4, 0.5) is 0 Å². The monoisotopic (exact) mass is 467 g/mol. The number of allylic oxidation sites excluding steroid dienone is 1. The van der Waals surface area contributed by atoms with Crippen LogP contribution in [-0.4, -0.2) is 8.80 Å². The predicted octanol–water partition coefficient (Wildman–Crippen LogP) is 7.57. The van der Waals surface area contributed by atoms with Crippen LogP contribution in [0.15, 0.2) is 84.4 Å². The first-order valence-electron chi connectivity index (χ1n) is 13.1. The number of hydrogen-bond donors (Lipinski definition) is 0. The van der Waals surface area contributed by atoms with Gasteiger partial charge in [0.1, 0.15) is 0 Å². The largest absolute Gasteiger partial charge is 0.157 e. The Hall–Kier alpha value is -3.16. The number of fused-ring (bicyclic) bond motifs is 3. The Morgan fingerprint density at radius 3 is 2.17 bits per heavy atom. The van der Waals surface area contributed by atoms with Gasteiger partial charge in [-0.05, 0) is 90.0 Å². The predicted molar refractivity (Wildman–Crippen MR) is 152 cm³/mol. The van der Waals surface area contributed by atoms with Crippen molar-refractivity contribution in [3.8, 4) is 33.4 Å². The zero-order valence-electron chi connectivity index (χ0n) is 21.1. The first-order valence-corrected chi connectivity index (χ1v) is 14.6. The lowest BCUT2D eigenvalue weighted by Gasteiger charge is -2.34. The number of hydrogen-bond acceptors (Lipinski definition) is 0. The fraction of sp³-hybridized carbons (Fsp3) is 0.235. The molecule has 0 atom stereocenters. The molecule has 0 fully saturated rings. The minimum atomic E-state index is -1.08. The van der Waals surface area contributed by atoms with E-state index in [4.69, 9.17) is 0 Å². The van der Waals surface area contributed by atoms with E-state index in [2.05, 4.69) is 107 Å². The van der Waals surface area contributed by atoms with Crippen LogP contribution in [0.2, 0.25) is 0 Å². The van der Waals surface area contributed by atoms with Gasteiger partial charge in [0.2, 0.25) is 0 Å². The average molecular weight is 468 g/mol. The third-order valence-electron chi connectivity index (χ3n) is 8.12. The summed E-state index contributed by atoms with van der Waals surface area (Å²) in [6.07, 6.45) is 3.53. The summed E-state index contributed by atoms with van der Waals surface area (Å²) in [4.78, 5) is 0. The summed E-state index contributed by atoms with van der Waals surface area (Å²) in [7, 11) is -1.08. The fourth-order valence-corrected chi connectivity index (χ4v) is 10.6. The Kier molecular flexibility index (Phi) is 4.48. The van der Waals surface area contributed by atoms with Crippen LogP contribution in [-0.2, 0) is 11.8 Å². The van der Waals surface area contributed by atoms with Crippen LogP contribution < -0.4 is 10.4 Å². The summed E-state index contributed by atoms with van der Waals surface area (Å²) in [6, 6.07) is 30.2. The van der Waals surface area contributed by atoms with Gasteiger partial charge in [0.15, 0.2) is 8.80 Å². The molecule has 1 heteroatoms. The summed E-state index contributed by atoms with van der Waals surface area (Å²) in [5.41, 5.74) is 15.2. The molecule has 3 aliphatic heterocycles. The van der Waals surface area contributed by atoms with Crippen molar-refractivity contribution in [2.75, 3.05) is 0 Å². The molecule has 0 N–H and O–H groups in total. The van der Waals surface area contributed by atoms with E-state index >= 15 is 0 Å². The van der Waals surface area contributed by atoms with Crippen LogP contribution >= 0.6 is 0 Å². The summed E-state index contributed by atoms with van der Waals surface area (Å²) < 4.78 is 0. The minimum absolute atomic E-state index is 0.0343. The van der Waals surface area contributed by atoms with Gasteiger partial charge in [-0.15, -0.1) is 0 Å². The standard InChI is InChI=1S/C34H31Si/c1-5-12-22-19-23-20-27-26-17-11-16-25-24-15-9-10-18-28(24)35(33(25)26)32(22)30(23)29(31(27)34(2,3)4)21-13-7-6-8-14-21/h6-11,13-18,20H,5,12,19H2,1-4H3. The van der Waals surface area contributed by atoms with Crippen molar-refractivity contribution in [2.24, 2.45) is 0 Å².